The molecule has 2 rings (SSSR count). The van der Waals surface area contributed by atoms with E-state index in [2.05, 4.69) is 6.92 Å². The van der Waals surface area contributed by atoms with E-state index in [0.717, 1.165) is 25.2 Å². The average molecular weight is 154 g/mol. The zero-order chi connectivity index (χ0) is 7.90. The van der Waals surface area contributed by atoms with E-state index in [1.165, 1.54) is 19.3 Å². The third-order valence-electron chi connectivity index (χ3n) is 3.65. The number of rotatable bonds is 2. The van der Waals surface area contributed by atoms with Crippen LogP contribution in [0.1, 0.15) is 45.4 Å². The van der Waals surface area contributed by atoms with Gasteiger partial charge in [-0.05, 0) is 37.5 Å². The van der Waals surface area contributed by atoms with Gasteiger partial charge in [0, 0.05) is 0 Å². The number of hydrogen-bond donors (Lipinski definition) is 1. The molecule has 0 heterocycles. The zero-order valence-electron chi connectivity index (χ0n) is 7.34. The van der Waals surface area contributed by atoms with Gasteiger partial charge in [0.1, 0.15) is 0 Å². The lowest BCUT2D eigenvalue weighted by Gasteiger charge is -2.49. The van der Waals surface area contributed by atoms with Crippen molar-refractivity contribution in [1.29, 1.82) is 0 Å². The molecule has 1 nitrogen and oxygen atoms in total. The second kappa shape index (κ2) is 2.48. The van der Waals surface area contributed by atoms with E-state index < -0.39 is 0 Å². The molecule has 1 heteroatoms. The van der Waals surface area contributed by atoms with Gasteiger partial charge in [-0.25, -0.2) is 0 Å². The molecule has 2 aliphatic rings. The molecule has 0 saturated heterocycles. The highest BCUT2D eigenvalue weighted by Gasteiger charge is 2.53. The van der Waals surface area contributed by atoms with Gasteiger partial charge in [-0.1, -0.05) is 19.8 Å². The minimum atomic E-state index is -0.226. The van der Waals surface area contributed by atoms with Crippen molar-refractivity contribution in [1.82, 2.24) is 0 Å². The first-order valence-electron chi connectivity index (χ1n) is 4.98. The second-order valence-electron chi connectivity index (χ2n) is 4.36. The van der Waals surface area contributed by atoms with E-state index in [1.807, 2.05) is 0 Å². The largest absolute Gasteiger partial charge is 0.390 e. The molecule has 0 amide bonds. The van der Waals surface area contributed by atoms with Crippen LogP contribution >= 0.6 is 0 Å². The first kappa shape index (κ1) is 7.60. The van der Waals surface area contributed by atoms with Crippen molar-refractivity contribution in [3.63, 3.8) is 0 Å². The summed E-state index contributed by atoms with van der Waals surface area (Å²) in [5.41, 5.74) is -0.226. The summed E-state index contributed by atoms with van der Waals surface area (Å²) in [4.78, 5) is 0. The van der Waals surface area contributed by atoms with Gasteiger partial charge in [-0.2, -0.15) is 0 Å². The molecule has 1 N–H and O–H groups in total. The van der Waals surface area contributed by atoms with Crippen LogP contribution in [0, 0.1) is 11.8 Å². The minimum Gasteiger partial charge on any atom is -0.390 e. The highest BCUT2D eigenvalue weighted by Crippen LogP contribution is 2.55. The van der Waals surface area contributed by atoms with Crippen LogP contribution in [0.5, 0.6) is 0 Å². The van der Waals surface area contributed by atoms with Gasteiger partial charge in [-0.3, -0.25) is 0 Å². The summed E-state index contributed by atoms with van der Waals surface area (Å²) in [6.07, 6.45) is 7.32. The third kappa shape index (κ3) is 1.01. The Morgan fingerprint density at radius 3 is 2.91 bits per heavy atom. The lowest BCUT2D eigenvalue weighted by atomic mass is 9.61. The molecular weight excluding hydrogens is 136 g/mol. The Morgan fingerprint density at radius 1 is 1.45 bits per heavy atom. The van der Waals surface area contributed by atoms with Crippen molar-refractivity contribution in [2.24, 2.45) is 11.8 Å². The fourth-order valence-corrected chi connectivity index (χ4v) is 3.15. The summed E-state index contributed by atoms with van der Waals surface area (Å²) in [5.74, 6) is 1.58. The van der Waals surface area contributed by atoms with Crippen molar-refractivity contribution < 1.29 is 5.11 Å². The first-order valence-corrected chi connectivity index (χ1v) is 4.98. The quantitative estimate of drug-likeness (QED) is 0.647. The molecule has 2 saturated carbocycles. The summed E-state index contributed by atoms with van der Waals surface area (Å²) in [6.45, 7) is 2.17. The van der Waals surface area contributed by atoms with Crippen LogP contribution in [0.2, 0.25) is 0 Å². The molecule has 0 bridgehead atoms. The number of fused-ring (bicyclic) bond motifs is 1. The third-order valence-corrected chi connectivity index (χ3v) is 3.65. The summed E-state index contributed by atoms with van der Waals surface area (Å²) < 4.78 is 0. The normalized spacial score (nSPS) is 48.5. The van der Waals surface area contributed by atoms with Crippen LogP contribution in [0.25, 0.3) is 0 Å². The van der Waals surface area contributed by atoms with Crippen LogP contribution in [-0.4, -0.2) is 10.7 Å². The first-order chi connectivity index (χ1) is 5.26. The molecule has 11 heavy (non-hydrogen) atoms. The maximum Gasteiger partial charge on any atom is 0.0681 e. The van der Waals surface area contributed by atoms with Gasteiger partial charge in [0.15, 0.2) is 0 Å². The molecule has 0 spiro atoms. The van der Waals surface area contributed by atoms with E-state index in [1.54, 1.807) is 0 Å². The Morgan fingerprint density at radius 2 is 2.27 bits per heavy atom. The van der Waals surface area contributed by atoms with E-state index in [0.29, 0.717) is 5.92 Å². The van der Waals surface area contributed by atoms with E-state index in [-0.39, 0.29) is 5.60 Å². The van der Waals surface area contributed by atoms with Gasteiger partial charge >= 0.3 is 0 Å². The maximum absolute atomic E-state index is 10.1. The van der Waals surface area contributed by atoms with Crippen LogP contribution in [-0.2, 0) is 0 Å². The van der Waals surface area contributed by atoms with E-state index in [4.69, 9.17) is 0 Å². The molecule has 3 atom stereocenters. The van der Waals surface area contributed by atoms with Gasteiger partial charge in [0.05, 0.1) is 5.60 Å². The molecule has 0 radical (unpaired) electrons. The Bertz CT molecular complexity index is 155. The molecule has 0 aliphatic heterocycles. The van der Waals surface area contributed by atoms with E-state index >= 15 is 0 Å². The highest BCUT2D eigenvalue weighted by molar-refractivity contribution is 5.04. The standard InChI is InChI=1S/C10H18O/c1-2-6-10(11)7-8-4-3-5-9(8)10/h8-9,11H,2-7H2,1H3/t8-,9+,10?/m1/s1. The molecule has 2 aliphatic carbocycles. The summed E-state index contributed by atoms with van der Waals surface area (Å²) >= 11 is 0. The van der Waals surface area contributed by atoms with Crippen LogP contribution in [0.3, 0.4) is 0 Å². The monoisotopic (exact) mass is 154 g/mol. The number of hydrogen-bond acceptors (Lipinski definition) is 1. The van der Waals surface area contributed by atoms with Crippen molar-refractivity contribution in [3.05, 3.63) is 0 Å². The lowest BCUT2D eigenvalue weighted by Crippen LogP contribution is -2.51. The van der Waals surface area contributed by atoms with Gasteiger partial charge in [0.2, 0.25) is 0 Å². The Hall–Kier alpha value is -0.0400. The molecule has 64 valence electrons. The predicted molar refractivity (Wildman–Crippen MR) is 45.3 cm³/mol. The topological polar surface area (TPSA) is 20.2 Å². The molecule has 0 aromatic rings. The Balaban J connectivity index is 1.97. The van der Waals surface area contributed by atoms with Crippen molar-refractivity contribution in [2.45, 2.75) is 51.0 Å². The molecule has 0 aromatic heterocycles. The predicted octanol–water partition coefficient (Wildman–Crippen LogP) is 2.34. The van der Waals surface area contributed by atoms with Crippen molar-refractivity contribution in [3.8, 4) is 0 Å². The molecule has 1 unspecified atom stereocenters. The van der Waals surface area contributed by atoms with E-state index in [9.17, 15) is 5.11 Å². The Labute approximate surface area is 68.8 Å². The summed E-state index contributed by atoms with van der Waals surface area (Å²) in [5, 5.41) is 10.1. The van der Waals surface area contributed by atoms with Crippen LogP contribution in [0.4, 0.5) is 0 Å². The second-order valence-corrected chi connectivity index (χ2v) is 4.36. The molecule has 2 fully saturated rings. The summed E-state index contributed by atoms with van der Waals surface area (Å²) in [6, 6.07) is 0. The number of aliphatic hydroxyl groups is 1. The Kier molecular flexibility index (Phi) is 1.71. The maximum atomic E-state index is 10.1. The SMILES string of the molecule is CCCC1(O)C[C@H]2CCC[C@@H]21. The molecular formula is C10H18O. The van der Waals surface area contributed by atoms with Gasteiger partial charge in [-0.15, -0.1) is 0 Å². The lowest BCUT2D eigenvalue weighted by molar-refractivity contribution is -0.130. The fourth-order valence-electron chi connectivity index (χ4n) is 3.15. The van der Waals surface area contributed by atoms with Crippen LogP contribution < -0.4 is 0 Å². The van der Waals surface area contributed by atoms with Crippen molar-refractivity contribution >= 4 is 0 Å². The summed E-state index contributed by atoms with van der Waals surface area (Å²) in [7, 11) is 0. The minimum absolute atomic E-state index is 0.226. The fraction of sp³-hybridized carbons (Fsp3) is 1.00. The molecule has 0 aromatic carbocycles. The zero-order valence-corrected chi connectivity index (χ0v) is 7.34. The van der Waals surface area contributed by atoms with Gasteiger partial charge in [0.25, 0.3) is 0 Å². The van der Waals surface area contributed by atoms with Gasteiger partial charge < -0.3 is 5.11 Å². The van der Waals surface area contributed by atoms with Crippen molar-refractivity contribution in [2.75, 3.05) is 0 Å². The highest BCUT2D eigenvalue weighted by atomic mass is 16.3. The van der Waals surface area contributed by atoms with Crippen LogP contribution in [0.15, 0.2) is 0 Å². The average Bonchev–Trinajstić information content (AvgIpc) is 2.32. The smallest absolute Gasteiger partial charge is 0.0681 e.